The summed E-state index contributed by atoms with van der Waals surface area (Å²) >= 11 is 0. The fourth-order valence-corrected chi connectivity index (χ4v) is 1.44. The van der Waals surface area contributed by atoms with Gasteiger partial charge in [-0.25, -0.2) is 4.98 Å². The van der Waals surface area contributed by atoms with Crippen LogP contribution in [0.25, 0.3) is 0 Å². The molecule has 0 aromatic carbocycles. The van der Waals surface area contributed by atoms with E-state index in [0.717, 1.165) is 12.4 Å². The molecule has 0 radical (unpaired) electrons. The average molecular weight is 197 g/mol. The van der Waals surface area contributed by atoms with E-state index in [1.165, 1.54) is 0 Å². The fourth-order valence-electron chi connectivity index (χ4n) is 1.44. The number of nitrogens with one attached hydrogen (secondary N) is 1. The molecule has 1 unspecified atom stereocenters. The van der Waals surface area contributed by atoms with Gasteiger partial charge < -0.3 is 15.0 Å². The van der Waals surface area contributed by atoms with E-state index in [-0.39, 0.29) is 12.6 Å². The van der Waals surface area contributed by atoms with Gasteiger partial charge in [0.25, 0.3) is 0 Å². The standard InChI is InChI=1S/C10H19N3O/c1-8(2)6-9(7-14)12-10-11-4-5-13(10)3/h4-5,8-9,14H,6-7H2,1-3H3,(H,11,12). The summed E-state index contributed by atoms with van der Waals surface area (Å²) in [6, 6.07) is 0.0936. The van der Waals surface area contributed by atoms with E-state index in [2.05, 4.69) is 24.1 Å². The lowest BCUT2D eigenvalue weighted by molar-refractivity contribution is 0.258. The normalized spacial score (nSPS) is 13.2. The van der Waals surface area contributed by atoms with Crippen LogP contribution in [0, 0.1) is 5.92 Å². The SMILES string of the molecule is CC(C)CC(CO)Nc1nccn1C. The van der Waals surface area contributed by atoms with E-state index >= 15 is 0 Å². The Morgan fingerprint density at radius 1 is 1.57 bits per heavy atom. The lowest BCUT2D eigenvalue weighted by atomic mass is 10.0. The number of hydrogen-bond acceptors (Lipinski definition) is 3. The van der Waals surface area contributed by atoms with Crippen LogP contribution in [-0.4, -0.2) is 27.3 Å². The first-order valence-electron chi connectivity index (χ1n) is 4.98. The number of aliphatic hydroxyl groups is 1. The number of rotatable bonds is 5. The van der Waals surface area contributed by atoms with Crippen LogP contribution in [-0.2, 0) is 7.05 Å². The predicted octanol–water partition coefficient (Wildman–Crippen LogP) is 1.24. The van der Waals surface area contributed by atoms with Crippen LogP contribution in [0.5, 0.6) is 0 Å². The van der Waals surface area contributed by atoms with Crippen LogP contribution in [0.2, 0.25) is 0 Å². The van der Waals surface area contributed by atoms with Gasteiger partial charge in [0, 0.05) is 19.4 Å². The summed E-state index contributed by atoms with van der Waals surface area (Å²) in [7, 11) is 1.93. The van der Waals surface area contributed by atoms with Gasteiger partial charge in [-0.2, -0.15) is 0 Å². The zero-order chi connectivity index (χ0) is 10.6. The Balaban J connectivity index is 2.52. The Labute approximate surface area is 85.0 Å². The minimum Gasteiger partial charge on any atom is -0.394 e. The Kier molecular flexibility index (Phi) is 3.95. The fraction of sp³-hybridized carbons (Fsp3) is 0.700. The van der Waals surface area contributed by atoms with Crippen molar-refractivity contribution in [3.8, 4) is 0 Å². The molecule has 0 bridgehead atoms. The molecule has 1 aromatic rings. The minimum absolute atomic E-state index is 0.0936. The van der Waals surface area contributed by atoms with Crippen LogP contribution in [0.1, 0.15) is 20.3 Å². The van der Waals surface area contributed by atoms with Gasteiger partial charge in [-0.15, -0.1) is 0 Å². The molecule has 0 aliphatic carbocycles. The van der Waals surface area contributed by atoms with Crippen LogP contribution in [0.3, 0.4) is 0 Å². The Bertz CT molecular complexity index is 270. The maximum atomic E-state index is 9.17. The number of nitrogens with zero attached hydrogens (tertiary/aromatic N) is 2. The molecule has 0 amide bonds. The largest absolute Gasteiger partial charge is 0.394 e. The maximum Gasteiger partial charge on any atom is 0.202 e. The van der Waals surface area contributed by atoms with Crippen LogP contribution >= 0.6 is 0 Å². The molecule has 1 atom stereocenters. The molecule has 14 heavy (non-hydrogen) atoms. The van der Waals surface area contributed by atoms with Gasteiger partial charge in [0.15, 0.2) is 0 Å². The van der Waals surface area contributed by atoms with Crippen molar-refractivity contribution in [2.75, 3.05) is 11.9 Å². The maximum absolute atomic E-state index is 9.17. The summed E-state index contributed by atoms with van der Waals surface area (Å²) in [6.45, 7) is 4.43. The van der Waals surface area contributed by atoms with Gasteiger partial charge in [0.2, 0.25) is 5.95 Å². The van der Waals surface area contributed by atoms with Gasteiger partial charge >= 0.3 is 0 Å². The van der Waals surface area contributed by atoms with Crippen molar-refractivity contribution >= 4 is 5.95 Å². The molecular weight excluding hydrogens is 178 g/mol. The smallest absolute Gasteiger partial charge is 0.202 e. The Hall–Kier alpha value is -1.03. The van der Waals surface area contributed by atoms with Crippen molar-refractivity contribution in [2.24, 2.45) is 13.0 Å². The third-order valence-electron chi connectivity index (χ3n) is 2.13. The van der Waals surface area contributed by atoms with E-state index in [4.69, 9.17) is 5.11 Å². The number of hydrogen-bond donors (Lipinski definition) is 2. The van der Waals surface area contributed by atoms with Gasteiger partial charge in [-0.05, 0) is 12.3 Å². The van der Waals surface area contributed by atoms with Crippen molar-refractivity contribution in [1.29, 1.82) is 0 Å². The van der Waals surface area contributed by atoms with E-state index in [0.29, 0.717) is 5.92 Å². The molecule has 1 aromatic heterocycles. The number of aromatic nitrogens is 2. The van der Waals surface area contributed by atoms with Crippen molar-refractivity contribution in [3.05, 3.63) is 12.4 Å². The van der Waals surface area contributed by atoms with E-state index < -0.39 is 0 Å². The van der Waals surface area contributed by atoms with E-state index in [9.17, 15) is 0 Å². The topological polar surface area (TPSA) is 50.1 Å². The minimum atomic E-state index is 0.0936. The summed E-state index contributed by atoms with van der Waals surface area (Å²) in [5.74, 6) is 1.38. The predicted molar refractivity (Wildman–Crippen MR) is 57.2 cm³/mol. The number of aryl methyl sites for hydroxylation is 1. The zero-order valence-electron chi connectivity index (χ0n) is 9.07. The molecule has 2 N–H and O–H groups in total. The quantitative estimate of drug-likeness (QED) is 0.746. The lowest BCUT2D eigenvalue weighted by Gasteiger charge is -2.18. The molecule has 4 nitrogen and oxygen atoms in total. The third-order valence-corrected chi connectivity index (χ3v) is 2.13. The second-order valence-corrected chi connectivity index (χ2v) is 4.02. The third kappa shape index (κ3) is 3.03. The molecule has 0 aliphatic heterocycles. The Morgan fingerprint density at radius 3 is 2.71 bits per heavy atom. The summed E-state index contributed by atoms with van der Waals surface area (Å²) in [5, 5.41) is 12.4. The molecule has 80 valence electrons. The van der Waals surface area contributed by atoms with Crippen molar-refractivity contribution in [1.82, 2.24) is 9.55 Å². The van der Waals surface area contributed by atoms with Gasteiger partial charge in [-0.3, -0.25) is 0 Å². The molecule has 1 heterocycles. The Morgan fingerprint density at radius 2 is 2.29 bits per heavy atom. The summed E-state index contributed by atoms with van der Waals surface area (Å²) in [6.07, 6.45) is 4.57. The molecule has 0 fully saturated rings. The first kappa shape index (κ1) is 11.0. The number of anilines is 1. The monoisotopic (exact) mass is 197 g/mol. The second-order valence-electron chi connectivity index (χ2n) is 4.02. The zero-order valence-corrected chi connectivity index (χ0v) is 9.07. The highest BCUT2D eigenvalue weighted by atomic mass is 16.3. The molecular formula is C10H19N3O. The van der Waals surface area contributed by atoms with Crippen LogP contribution in [0.4, 0.5) is 5.95 Å². The van der Waals surface area contributed by atoms with Crippen LogP contribution < -0.4 is 5.32 Å². The molecule has 1 rings (SSSR count). The highest BCUT2D eigenvalue weighted by Gasteiger charge is 2.11. The summed E-state index contributed by atoms with van der Waals surface area (Å²) in [5.41, 5.74) is 0. The second kappa shape index (κ2) is 5.00. The molecule has 4 heteroatoms. The molecule has 0 saturated heterocycles. The van der Waals surface area contributed by atoms with E-state index in [1.54, 1.807) is 6.20 Å². The number of aliphatic hydroxyl groups excluding tert-OH is 1. The molecule has 0 saturated carbocycles. The van der Waals surface area contributed by atoms with Gasteiger partial charge in [0.05, 0.1) is 12.6 Å². The molecule has 0 aliphatic rings. The van der Waals surface area contributed by atoms with Gasteiger partial charge in [0.1, 0.15) is 0 Å². The van der Waals surface area contributed by atoms with Crippen molar-refractivity contribution in [3.63, 3.8) is 0 Å². The van der Waals surface area contributed by atoms with Crippen LogP contribution in [0.15, 0.2) is 12.4 Å². The number of imidazole rings is 1. The molecule has 0 spiro atoms. The van der Waals surface area contributed by atoms with Crippen molar-refractivity contribution < 1.29 is 5.11 Å². The summed E-state index contributed by atoms with van der Waals surface area (Å²) < 4.78 is 1.91. The lowest BCUT2D eigenvalue weighted by Crippen LogP contribution is -2.27. The first-order valence-corrected chi connectivity index (χ1v) is 4.98. The van der Waals surface area contributed by atoms with Gasteiger partial charge in [-0.1, -0.05) is 13.8 Å². The highest BCUT2D eigenvalue weighted by molar-refractivity contribution is 5.26. The summed E-state index contributed by atoms with van der Waals surface area (Å²) in [4.78, 5) is 4.15. The average Bonchev–Trinajstić information content (AvgIpc) is 2.50. The highest BCUT2D eigenvalue weighted by Crippen LogP contribution is 2.10. The first-order chi connectivity index (χ1) is 6.63. The van der Waals surface area contributed by atoms with Crippen molar-refractivity contribution in [2.45, 2.75) is 26.3 Å². The van der Waals surface area contributed by atoms with E-state index in [1.807, 2.05) is 17.8 Å².